The van der Waals surface area contributed by atoms with Crippen molar-refractivity contribution in [1.29, 1.82) is 0 Å². The number of nitrogens with zero attached hydrogens (tertiary/aromatic N) is 4. The van der Waals surface area contributed by atoms with Gasteiger partial charge in [-0.1, -0.05) is 11.8 Å². The molecule has 1 heterocycles. The molecule has 0 saturated carbocycles. The van der Waals surface area contributed by atoms with E-state index in [4.69, 9.17) is 0 Å². The lowest BCUT2D eigenvalue weighted by atomic mass is 10.2. The highest BCUT2D eigenvalue weighted by molar-refractivity contribution is 8.14. The van der Waals surface area contributed by atoms with Gasteiger partial charge in [0, 0.05) is 25.0 Å². The zero-order valence-electron chi connectivity index (χ0n) is 10.1. The summed E-state index contributed by atoms with van der Waals surface area (Å²) in [5.41, 5.74) is 2.06. The van der Waals surface area contributed by atoms with Crippen LogP contribution in [0.2, 0.25) is 0 Å². The minimum absolute atomic E-state index is 0.791. The van der Waals surface area contributed by atoms with Crippen molar-refractivity contribution in [2.75, 3.05) is 30.8 Å². The molecule has 0 amide bonds. The lowest BCUT2D eigenvalue weighted by Crippen LogP contribution is -2.15. The van der Waals surface area contributed by atoms with Gasteiger partial charge in [0.25, 0.3) is 0 Å². The fourth-order valence-corrected chi connectivity index (χ4v) is 2.09. The maximum atomic E-state index is 4.22. The molecule has 0 atom stereocenters. The number of rotatable bonds is 3. The van der Waals surface area contributed by atoms with Gasteiger partial charge in [-0.25, -0.2) is 0 Å². The molecule has 0 aliphatic carbocycles. The lowest BCUT2D eigenvalue weighted by Gasteiger charge is -2.16. The van der Waals surface area contributed by atoms with Crippen LogP contribution in [0.3, 0.4) is 0 Å². The third kappa shape index (κ3) is 3.30. The van der Waals surface area contributed by atoms with Gasteiger partial charge < -0.3 is 4.90 Å². The quantitative estimate of drug-likeness (QED) is 0.770. The first-order valence-electron chi connectivity index (χ1n) is 5.70. The van der Waals surface area contributed by atoms with Crippen LogP contribution in [0.4, 0.5) is 11.4 Å². The molecule has 0 radical (unpaired) electrons. The second kappa shape index (κ2) is 5.82. The van der Waals surface area contributed by atoms with Crippen molar-refractivity contribution in [2.45, 2.75) is 6.92 Å². The highest BCUT2D eigenvalue weighted by Crippen LogP contribution is 2.20. The Labute approximate surface area is 106 Å². The van der Waals surface area contributed by atoms with Gasteiger partial charge in [0.2, 0.25) is 5.17 Å². The Hall–Kier alpha value is -1.36. The van der Waals surface area contributed by atoms with E-state index < -0.39 is 0 Å². The van der Waals surface area contributed by atoms with Crippen molar-refractivity contribution in [3.8, 4) is 0 Å². The van der Waals surface area contributed by atoms with E-state index in [2.05, 4.69) is 46.2 Å². The molecule has 0 unspecified atom stereocenters. The summed E-state index contributed by atoms with van der Waals surface area (Å²) < 4.78 is 0. The largest absolute Gasteiger partial charge is 0.375 e. The van der Waals surface area contributed by atoms with Crippen LogP contribution in [0.5, 0.6) is 0 Å². The van der Waals surface area contributed by atoms with E-state index in [0.717, 1.165) is 29.7 Å². The van der Waals surface area contributed by atoms with E-state index in [9.17, 15) is 0 Å². The van der Waals surface area contributed by atoms with Gasteiger partial charge in [0.15, 0.2) is 0 Å². The minimum Gasteiger partial charge on any atom is -0.375 e. The lowest BCUT2D eigenvalue weighted by molar-refractivity contribution is 0.968. The molecular weight excluding hydrogens is 232 g/mol. The molecule has 90 valence electrons. The molecule has 1 aromatic rings. The number of aliphatic imine (C=N–C) groups is 1. The van der Waals surface area contributed by atoms with Crippen molar-refractivity contribution >= 4 is 28.3 Å². The van der Waals surface area contributed by atoms with Crippen molar-refractivity contribution < 1.29 is 0 Å². The van der Waals surface area contributed by atoms with Gasteiger partial charge in [-0.15, -0.1) is 10.2 Å². The smallest absolute Gasteiger partial charge is 0.204 e. The van der Waals surface area contributed by atoms with Crippen LogP contribution in [0.1, 0.15) is 6.92 Å². The average Bonchev–Trinajstić information content (AvgIpc) is 2.89. The maximum Gasteiger partial charge on any atom is 0.204 e. The van der Waals surface area contributed by atoms with Gasteiger partial charge in [-0.05, 0) is 31.2 Å². The Morgan fingerprint density at radius 3 is 2.65 bits per heavy atom. The van der Waals surface area contributed by atoms with Gasteiger partial charge in [0.05, 0.1) is 12.2 Å². The number of hydrogen-bond acceptors (Lipinski definition) is 5. The monoisotopic (exact) mass is 248 g/mol. The number of azo groups is 1. The number of thioether (sulfide) groups is 1. The standard InChI is InChI=1S/C12H16N4S/c1-3-16(2)11-6-4-10(5-7-11)14-15-12-13-8-9-17-12/h4-7H,3,8-9H2,1-2H3/b15-14+. The molecule has 2 rings (SSSR count). The van der Waals surface area contributed by atoms with Crippen LogP contribution in [0, 0.1) is 0 Å². The van der Waals surface area contributed by atoms with Crippen LogP contribution in [0.15, 0.2) is 39.5 Å². The molecule has 4 nitrogen and oxygen atoms in total. The summed E-state index contributed by atoms with van der Waals surface area (Å²) in [6.07, 6.45) is 0. The molecule has 0 N–H and O–H groups in total. The van der Waals surface area contributed by atoms with Crippen LogP contribution >= 0.6 is 11.8 Å². The summed E-state index contributed by atoms with van der Waals surface area (Å²) >= 11 is 1.65. The minimum atomic E-state index is 0.791. The third-order valence-corrected chi connectivity index (χ3v) is 3.44. The molecule has 1 aromatic carbocycles. The molecule has 17 heavy (non-hydrogen) atoms. The summed E-state index contributed by atoms with van der Waals surface area (Å²) in [6.45, 7) is 3.98. The highest BCUT2D eigenvalue weighted by atomic mass is 32.2. The van der Waals surface area contributed by atoms with Gasteiger partial charge in [-0.3, -0.25) is 4.99 Å². The molecule has 0 spiro atoms. The number of benzene rings is 1. The zero-order chi connectivity index (χ0) is 12.1. The molecular formula is C12H16N4S. The Kier molecular flexibility index (Phi) is 4.14. The van der Waals surface area contributed by atoms with Crippen molar-refractivity contribution in [2.24, 2.45) is 15.2 Å². The highest BCUT2D eigenvalue weighted by Gasteiger charge is 2.04. The topological polar surface area (TPSA) is 40.3 Å². The van der Waals surface area contributed by atoms with Crippen molar-refractivity contribution in [3.63, 3.8) is 0 Å². The van der Waals surface area contributed by atoms with Crippen molar-refractivity contribution in [3.05, 3.63) is 24.3 Å². The Balaban J connectivity index is 2.02. The second-order valence-electron chi connectivity index (χ2n) is 3.74. The summed E-state index contributed by atoms with van der Waals surface area (Å²) in [5, 5.41) is 9.07. The molecule has 0 bridgehead atoms. The fraction of sp³-hybridized carbons (Fsp3) is 0.417. The summed E-state index contributed by atoms with van der Waals surface area (Å²) in [5.74, 6) is 1.02. The Morgan fingerprint density at radius 2 is 2.06 bits per heavy atom. The predicted octanol–water partition coefficient (Wildman–Crippen LogP) is 3.33. The number of amidine groups is 1. The Bertz CT molecular complexity index is 425. The zero-order valence-corrected chi connectivity index (χ0v) is 10.9. The van der Waals surface area contributed by atoms with Crippen LogP contribution in [0.25, 0.3) is 0 Å². The van der Waals surface area contributed by atoms with Crippen LogP contribution < -0.4 is 4.90 Å². The summed E-state index contributed by atoms with van der Waals surface area (Å²) in [7, 11) is 2.07. The third-order valence-electron chi connectivity index (χ3n) is 2.59. The van der Waals surface area contributed by atoms with E-state index in [1.54, 1.807) is 11.8 Å². The first kappa shape index (κ1) is 12.1. The van der Waals surface area contributed by atoms with Gasteiger partial charge in [0.1, 0.15) is 0 Å². The van der Waals surface area contributed by atoms with Crippen molar-refractivity contribution in [1.82, 2.24) is 0 Å². The molecule has 5 heteroatoms. The SMILES string of the molecule is CCN(C)c1ccc(/N=N/C2=NCCS2)cc1. The fourth-order valence-electron chi connectivity index (χ4n) is 1.44. The summed E-state index contributed by atoms with van der Waals surface area (Å²) in [4.78, 5) is 6.40. The molecule has 1 aliphatic rings. The van der Waals surface area contributed by atoms with Gasteiger partial charge >= 0.3 is 0 Å². The number of hydrogen-bond donors (Lipinski definition) is 0. The second-order valence-corrected chi connectivity index (χ2v) is 4.81. The first-order chi connectivity index (χ1) is 8.29. The van der Waals surface area contributed by atoms with E-state index >= 15 is 0 Å². The van der Waals surface area contributed by atoms with E-state index in [1.165, 1.54) is 5.69 Å². The molecule has 0 aromatic heterocycles. The summed E-state index contributed by atoms with van der Waals surface area (Å²) in [6, 6.07) is 8.07. The first-order valence-corrected chi connectivity index (χ1v) is 6.68. The molecule has 0 saturated heterocycles. The van der Waals surface area contributed by atoms with Crippen LogP contribution in [-0.4, -0.2) is 31.1 Å². The Morgan fingerprint density at radius 1 is 1.29 bits per heavy atom. The van der Waals surface area contributed by atoms with E-state index in [0.29, 0.717) is 0 Å². The van der Waals surface area contributed by atoms with E-state index in [1.807, 2.05) is 12.1 Å². The molecule has 1 aliphatic heterocycles. The normalized spacial score (nSPS) is 15.3. The predicted molar refractivity (Wildman–Crippen MR) is 74.7 cm³/mol. The maximum absolute atomic E-state index is 4.22. The average molecular weight is 248 g/mol. The van der Waals surface area contributed by atoms with E-state index in [-0.39, 0.29) is 0 Å². The molecule has 0 fully saturated rings. The van der Waals surface area contributed by atoms with Crippen LogP contribution in [-0.2, 0) is 0 Å². The number of anilines is 1. The van der Waals surface area contributed by atoms with Gasteiger partial charge in [-0.2, -0.15) is 0 Å².